The zero-order chi connectivity index (χ0) is 20.9. The van der Waals surface area contributed by atoms with E-state index in [4.69, 9.17) is 14.7 Å². The molecule has 1 fully saturated rings. The lowest BCUT2D eigenvalue weighted by atomic mass is 10.1. The molecule has 1 aliphatic heterocycles. The third kappa shape index (κ3) is 3.46. The molecule has 3 aromatic heterocycles. The van der Waals surface area contributed by atoms with Gasteiger partial charge in [-0.1, -0.05) is 12.1 Å². The summed E-state index contributed by atoms with van der Waals surface area (Å²) >= 11 is 1.51. The van der Waals surface area contributed by atoms with Crippen LogP contribution in [0, 0.1) is 0 Å². The van der Waals surface area contributed by atoms with Crippen LogP contribution in [0.15, 0.2) is 35.8 Å². The number of ether oxygens (including phenoxy) is 1. The number of H-pyrrole nitrogens is 1. The van der Waals surface area contributed by atoms with Gasteiger partial charge in [-0.05, 0) is 24.4 Å². The van der Waals surface area contributed by atoms with Crippen molar-refractivity contribution in [2.75, 3.05) is 30.9 Å². The van der Waals surface area contributed by atoms with Crippen LogP contribution in [-0.2, 0) is 20.3 Å². The van der Waals surface area contributed by atoms with Crippen LogP contribution >= 0.6 is 11.3 Å². The summed E-state index contributed by atoms with van der Waals surface area (Å²) in [5.74, 6) is 1.42. The highest BCUT2D eigenvalue weighted by molar-refractivity contribution is 7.89. The number of aromatic nitrogens is 3. The zero-order valence-corrected chi connectivity index (χ0v) is 18.4. The van der Waals surface area contributed by atoms with Gasteiger partial charge < -0.3 is 14.6 Å². The van der Waals surface area contributed by atoms with Gasteiger partial charge in [-0.2, -0.15) is 0 Å². The average molecular weight is 443 g/mol. The summed E-state index contributed by atoms with van der Waals surface area (Å²) < 4.78 is 30.5. The Morgan fingerprint density at radius 2 is 2.17 bits per heavy atom. The number of nitrogens with one attached hydrogen (secondary N) is 1. The number of anilines is 1. The fraction of sp³-hybridized carbons (Fsp3) is 0.333. The Bertz CT molecular complexity index is 1340. The molecule has 7 nitrogen and oxygen atoms in total. The van der Waals surface area contributed by atoms with Gasteiger partial charge in [0.2, 0.25) is 0 Å². The van der Waals surface area contributed by atoms with Crippen LogP contribution in [-0.4, -0.2) is 55.4 Å². The van der Waals surface area contributed by atoms with Crippen LogP contribution in [0.5, 0.6) is 0 Å². The van der Waals surface area contributed by atoms with Gasteiger partial charge in [0, 0.05) is 41.0 Å². The van der Waals surface area contributed by atoms with Crippen molar-refractivity contribution >= 4 is 48.1 Å². The first-order valence-electron chi connectivity index (χ1n) is 9.77. The minimum atomic E-state index is -3.18. The molecule has 0 bridgehead atoms. The summed E-state index contributed by atoms with van der Waals surface area (Å²) in [6, 6.07) is 8.19. The maximum absolute atomic E-state index is 12.0. The lowest BCUT2D eigenvalue weighted by Gasteiger charge is -2.34. The van der Waals surface area contributed by atoms with E-state index in [0.717, 1.165) is 44.6 Å². The molecule has 4 heterocycles. The van der Waals surface area contributed by atoms with Crippen LogP contribution < -0.4 is 4.90 Å². The van der Waals surface area contributed by atoms with Gasteiger partial charge in [-0.15, -0.1) is 11.3 Å². The second kappa shape index (κ2) is 7.33. The molecule has 30 heavy (non-hydrogen) atoms. The molecule has 0 spiro atoms. The van der Waals surface area contributed by atoms with Gasteiger partial charge in [0.05, 0.1) is 35.2 Å². The van der Waals surface area contributed by atoms with Gasteiger partial charge >= 0.3 is 0 Å². The number of aromatic amines is 1. The van der Waals surface area contributed by atoms with E-state index in [1.807, 2.05) is 35.8 Å². The fourth-order valence-corrected chi connectivity index (χ4v) is 5.88. The van der Waals surface area contributed by atoms with Crippen molar-refractivity contribution in [1.82, 2.24) is 15.0 Å². The summed E-state index contributed by atoms with van der Waals surface area (Å²) in [4.78, 5) is 15.3. The normalized spacial score (nSPS) is 17.8. The maximum atomic E-state index is 12.0. The van der Waals surface area contributed by atoms with E-state index in [2.05, 4.69) is 16.8 Å². The van der Waals surface area contributed by atoms with Crippen molar-refractivity contribution in [2.45, 2.75) is 18.7 Å². The van der Waals surface area contributed by atoms with Gasteiger partial charge in [-0.25, -0.2) is 18.4 Å². The first kappa shape index (κ1) is 19.5. The van der Waals surface area contributed by atoms with Crippen molar-refractivity contribution < 1.29 is 13.2 Å². The van der Waals surface area contributed by atoms with Crippen molar-refractivity contribution in [3.63, 3.8) is 0 Å². The molecule has 156 valence electrons. The molecule has 1 saturated heterocycles. The summed E-state index contributed by atoms with van der Waals surface area (Å²) in [6.45, 7) is 4.13. The third-order valence-electron chi connectivity index (χ3n) is 5.36. The first-order valence-corrected chi connectivity index (χ1v) is 12.7. The van der Waals surface area contributed by atoms with E-state index in [1.54, 1.807) is 0 Å². The quantitative estimate of drug-likeness (QED) is 0.519. The Labute approximate surface area is 178 Å². The lowest BCUT2D eigenvalue weighted by molar-refractivity contribution is 0.0987. The monoisotopic (exact) mass is 442 g/mol. The molecule has 5 rings (SSSR count). The molecule has 0 aliphatic carbocycles. The summed E-state index contributed by atoms with van der Waals surface area (Å²) in [5, 5.41) is 2.94. The fourth-order valence-electron chi connectivity index (χ4n) is 3.97. The smallest absolute Gasteiger partial charge is 0.162 e. The summed E-state index contributed by atoms with van der Waals surface area (Å²) in [7, 11) is -3.18. The minimum absolute atomic E-state index is 0.0318. The van der Waals surface area contributed by atoms with E-state index in [9.17, 15) is 8.42 Å². The number of rotatable bonds is 4. The number of thiophene rings is 1. The number of hydrogen-bond donors (Lipinski definition) is 1. The highest BCUT2D eigenvalue weighted by atomic mass is 32.2. The third-order valence-corrected chi connectivity index (χ3v) is 7.21. The highest BCUT2D eigenvalue weighted by Gasteiger charge is 2.26. The average Bonchev–Trinajstić information content (AvgIpc) is 3.34. The number of benzene rings is 1. The highest BCUT2D eigenvalue weighted by Crippen LogP contribution is 2.37. The minimum Gasteiger partial charge on any atom is -0.377 e. The molecular formula is C21H22N4O3S2. The largest absolute Gasteiger partial charge is 0.377 e. The Hall–Kier alpha value is -2.49. The maximum Gasteiger partial charge on any atom is 0.162 e. The van der Waals surface area contributed by atoms with E-state index in [0.29, 0.717) is 19.0 Å². The second-order valence-corrected chi connectivity index (χ2v) is 10.8. The first-order chi connectivity index (χ1) is 14.4. The van der Waals surface area contributed by atoms with E-state index < -0.39 is 9.84 Å². The number of sulfone groups is 1. The standard InChI is InChI=1S/C21H22N4O3S2/c1-13-10-28-9-8-25(13)21-19-18(14(11-29-19)12-30(2,26)27)23-20(24-21)16-4-3-5-17-15(16)6-7-22-17/h3-7,11,13,22H,8-10,12H2,1-2H3/t13-/m1/s1. The number of hydrogen-bond acceptors (Lipinski definition) is 7. The molecule has 4 aromatic rings. The van der Waals surface area contributed by atoms with Crippen molar-refractivity contribution in [1.29, 1.82) is 0 Å². The molecule has 1 N–H and O–H groups in total. The molecule has 1 aliphatic rings. The number of morpholine rings is 1. The molecule has 0 radical (unpaired) electrons. The van der Waals surface area contributed by atoms with Crippen LogP contribution in [0.1, 0.15) is 12.5 Å². The predicted octanol–water partition coefficient (Wildman–Crippen LogP) is 3.61. The lowest BCUT2D eigenvalue weighted by Crippen LogP contribution is -2.44. The number of fused-ring (bicyclic) bond motifs is 2. The van der Waals surface area contributed by atoms with Gasteiger partial charge in [0.25, 0.3) is 0 Å². The van der Waals surface area contributed by atoms with Crippen LogP contribution in [0.25, 0.3) is 32.5 Å². The van der Waals surface area contributed by atoms with Gasteiger partial charge in [0.15, 0.2) is 21.5 Å². The van der Waals surface area contributed by atoms with Crippen molar-refractivity contribution in [3.05, 3.63) is 41.4 Å². The van der Waals surface area contributed by atoms with E-state index in [1.165, 1.54) is 17.6 Å². The molecular weight excluding hydrogens is 420 g/mol. The van der Waals surface area contributed by atoms with Crippen LogP contribution in [0.3, 0.4) is 0 Å². The Morgan fingerprint density at radius 1 is 1.30 bits per heavy atom. The molecule has 1 aromatic carbocycles. The molecule has 0 saturated carbocycles. The molecule has 0 unspecified atom stereocenters. The van der Waals surface area contributed by atoms with E-state index >= 15 is 0 Å². The topological polar surface area (TPSA) is 88.2 Å². The zero-order valence-electron chi connectivity index (χ0n) is 16.8. The van der Waals surface area contributed by atoms with Crippen LogP contribution in [0.4, 0.5) is 5.82 Å². The molecule has 1 atom stereocenters. The van der Waals surface area contributed by atoms with Crippen molar-refractivity contribution in [3.8, 4) is 11.4 Å². The Kier molecular flexibility index (Phi) is 4.76. The van der Waals surface area contributed by atoms with Crippen molar-refractivity contribution in [2.24, 2.45) is 0 Å². The van der Waals surface area contributed by atoms with Gasteiger partial charge in [-0.3, -0.25) is 0 Å². The SMILES string of the molecule is C[C@@H]1COCCN1c1nc(-c2cccc3[nH]ccc23)nc2c(CS(C)(=O)=O)csc12. The van der Waals surface area contributed by atoms with E-state index in [-0.39, 0.29) is 11.8 Å². The Balaban J connectivity index is 1.76. The molecule has 9 heteroatoms. The summed E-state index contributed by atoms with van der Waals surface area (Å²) in [5.41, 5.74) is 3.38. The second-order valence-electron chi connectivity index (χ2n) is 7.74. The Morgan fingerprint density at radius 3 is 2.97 bits per heavy atom. The number of nitrogens with zero attached hydrogens (tertiary/aromatic N) is 3. The molecule has 0 amide bonds. The predicted molar refractivity (Wildman–Crippen MR) is 121 cm³/mol. The summed E-state index contributed by atoms with van der Waals surface area (Å²) in [6.07, 6.45) is 3.15. The van der Waals surface area contributed by atoms with Crippen LogP contribution in [0.2, 0.25) is 0 Å². The van der Waals surface area contributed by atoms with Gasteiger partial charge in [0.1, 0.15) is 0 Å².